The molecule has 0 spiro atoms. The molecule has 1 rings (SSSR count). The van der Waals surface area contributed by atoms with Crippen molar-refractivity contribution in [2.24, 2.45) is 0 Å². The van der Waals surface area contributed by atoms with E-state index < -0.39 is 12.2 Å². The fraction of sp³-hybridized carbons (Fsp3) is 0.800. The molecule has 1 unspecified atom stereocenters. The molecule has 0 aliphatic carbocycles. The van der Waals surface area contributed by atoms with Crippen LogP contribution in [0, 0.1) is 0 Å². The predicted molar refractivity (Wildman–Crippen MR) is 51.2 cm³/mol. The van der Waals surface area contributed by atoms with E-state index in [-0.39, 0.29) is 11.9 Å². The van der Waals surface area contributed by atoms with Gasteiger partial charge >= 0.3 is 11.9 Å². The molecular weight excluding hydrogens is 200 g/mol. The van der Waals surface area contributed by atoms with Gasteiger partial charge in [0.25, 0.3) is 0 Å². The van der Waals surface area contributed by atoms with Crippen molar-refractivity contribution in [2.75, 3.05) is 13.2 Å². The predicted octanol–water partition coefficient (Wildman–Crippen LogP) is 0.660. The second-order valence-electron chi connectivity index (χ2n) is 3.30. The Kier molecular flexibility index (Phi) is 4.55. The summed E-state index contributed by atoms with van der Waals surface area (Å²) in [4.78, 5) is 22.1. The van der Waals surface area contributed by atoms with Gasteiger partial charge in [-0.2, -0.15) is 0 Å². The van der Waals surface area contributed by atoms with Crippen LogP contribution < -0.4 is 0 Å². The average Bonchev–Trinajstić information content (AvgIpc) is 2.65. The lowest BCUT2D eigenvalue weighted by molar-refractivity contribution is -0.163. The van der Waals surface area contributed by atoms with E-state index in [1.54, 1.807) is 13.8 Å². The molecule has 1 aliphatic heterocycles. The maximum Gasteiger partial charge on any atom is 0.305 e. The van der Waals surface area contributed by atoms with Gasteiger partial charge in [-0.05, 0) is 0 Å². The fourth-order valence-electron chi connectivity index (χ4n) is 1.24. The number of hydrogen-bond acceptors (Lipinski definition) is 5. The minimum Gasteiger partial charge on any atom is -0.456 e. The van der Waals surface area contributed by atoms with Crippen LogP contribution in [0.25, 0.3) is 0 Å². The third-order valence-corrected chi connectivity index (χ3v) is 2.12. The second kappa shape index (κ2) is 5.70. The highest BCUT2D eigenvalue weighted by atomic mass is 16.6. The van der Waals surface area contributed by atoms with Crippen molar-refractivity contribution in [3.63, 3.8) is 0 Å². The van der Waals surface area contributed by atoms with Crippen LogP contribution >= 0.6 is 0 Å². The Bertz CT molecular complexity index is 214. The SMILES string of the molecule is CCC(=O)OC1COC[C@@H]1OC(=O)CC. The van der Waals surface area contributed by atoms with E-state index in [0.29, 0.717) is 26.1 Å². The van der Waals surface area contributed by atoms with Crippen LogP contribution in [0.4, 0.5) is 0 Å². The standard InChI is InChI=1S/C10H16O5/c1-3-9(11)14-7-5-13-6-8(7)15-10(12)4-2/h7-8H,3-6H2,1-2H3/t7-,8?/m0/s1. The summed E-state index contributed by atoms with van der Waals surface area (Å²) in [7, 11) is 0. The van der Waals surface area contributed by atoms with E-state index in [1.165, 1.54) is 0 Å². The number of carbonyl (C=O) groups excluding carboxylic acids is 2. The van der Waals surface area contributed by atoms with Crippen molar-refractivity contribution in [3.05, 3.63) is 0 Å². The Balaban J connectivity index is 2.42. The molecule has 86 valence electrons. The van der Waals surface area contributed by atoms with Gasteiger partial charge in [0.05, 0.1) is 13.2 Å². The summed E-state index contributed by atoms with van der Waals surface area (Å²) >= 11 is 0. The normalized spacial score (nSPS) is 24.9. The van der Waals surface area contributed by atoms with Crippen molar-refractivity contribution in [3.8, 4) is 0 Å². The Morgan fingerprint density at radius 3 is 1.80 bits per heavy atom. The Hall–Kier alpha value is -1.10. The van der Waals surface area contributed by atoms with Gasteiger partial charge in [-0.1, -0.05) is 13.8 Å². The molecule has 5 heteroatoms. The minimum absolute atomic E-state index is 0.299. The summed E-state index contributed by atoms with van der Waals surface area (Å²) in [5.41, 5.74) is 0. The monoisotopic (exact) mass is 216 g/mol. The molecule has 0 aromatic carbocycles. The summed E-state index contributed by atoms with van der Waals surface area (Å²) in [5.74, 6) is -0.605. The van der Waals surface area contributed by atoms with Crippen molar-refractivity contribution in [1.82, 2.24) is 0 Å². The zero-order chi connectivity index (χ0) is 11.3. The molecule has 0 bridgehead atoms. The van der Waals surface area contributed by atoms with Gasteiger partial charge < -0.3 is 14.2 Å². The molecular formula is C10H16O5. The molecule has 0 saturated carbocycles. The molecule has 1 saturated heterocycles. The van der Waals surface area contributed by atoms with Gasteiger partial charge in [0.15, 0.2) is 12.2 Å². The van der Waals surface area contributed by atoms with Crippen LogP contribution in [0.1, 0.15) is 26.7 Å². The molecule has 0 N–H and O–H groups in total. The van der Waals surface area contributed by atoms with Gasteiger partial charge in [0, 0.05) is 12.8 Å². The molecule has 1 aliphatic rings. The summed E-state index contributed by atoms with van der Waals surface area (Å²) in [6.45, 7) is 4.03. The number of carbonyl (C=O) groups is 2. The minimum atomic E-state index is -0.451. The molecule has 15 heavy (non-hydrogen) atoms. The average molecular weight is 216 g/mol. The smallest absolute Gasteiger partial charge is 0.305 e. The lowest BCUT2D eigenvalue weighted by Gasteiger charge is -2.17. The van der Waals surface area contributed by atoms with E-state index in [1.807, 2.05) is 0 Å². The summed E-state index contributed by atoms with van der Waals surface area (Å²) < 4.78 is 15.3. The van der Waals surface area contributed by atoms with Gasteiger partial charge in [0.1, 0.15) is 0 Å². The quantitative estimate of drug-likeness (QED) is 0.646. The largest absolute Gasteiger partial charge is 0.456 e. The van der Waals surface area contributed by atoms with Crippen LogP contribution in [-0.2, 0) is 23.8 Å². The first-order chi connectivity index (χ1) is 7.17. The maximum atomic E-state index is 11.1. The summed E-state index contributed by atoms with van der Waals surface area (Å²) in [5, 5.41) is 0. The number of ether oxygens (including phenoxy) is 3. The fourth-order valence-corrected chi connectivity index (χ4v) is 1.24. The van der Waals surface area contributed by atoms with Crippen molar-refractivity contribution in [2.45, 2.75) is 38.9 Å². The number of hydrogen-bond donors (Lipinski definition) is 0. The summed E-state index contributed by atoms with van der Waals surface area (Å²) in [6, 6.07) is 0. The molecule has 1 fully saturated rings. The van der Waals surface area contributed by atoms with E-state index >= 15 is 0 Å². The van der Waals surface area contributed by atoms with Crippen molar-refractivity contribution < 1.29 is 23.8 Å². The maximum absolute atomic E-state index is 11.1. The topological polar surface area (TPSA) is 61.8 Å². The lowest BCUT2D eigenvalue weighted by atomic mass is 10.2. The number of esters is 2. The molecule has 2 atom stereocenters. The Labute approximate surface area is 88.7 Å². The lowest BCUT2D eigenvalue weighted by Crippen LogP contribution is -2.33. The first-order valence-corrected chi connectivity index (χ1v) is 5.14. The van der Waals surface area contributed by atoms with E-state index in [0.717, 1.165) is 0 Å². The Morgan fingerprint density at radius 1 is 1.07 bits per heavy atom. The van der Waals surface area contributed by atoms with Gasteiger partial charge in [-0.15, -0.1) is 0 Å². The highest BCUT2D eigenvalue weighted by Gasteiger charge is 2.33. The molecule has 0 radical (unpaired) electrons. The van der Waals surface area contributed by atoms with Gasteiger partial charge in [-0.25, -0.2) is 0 Å². The van der Waals surface area contributed by atoms with Crippen molar-refractivity contribution in [1.29, 1.82) is 0 Å². The van der Waals surface area contributed by atoms with Crippen molar-refractivity contribution >= 4 is 11.9 Å². The molecule has 0 amide bonds. The van der Waals surface area contributed by atoms with Crippen LogP contribution in [0.2, 0.25) is 0 Å². The zero-order valence-corrected chi connectivity index (χ0v) is 9.02. The zero-order valence-electron chi connectivity index (χ0n) is 9.02. The van der Waals surface area contributed by atoms with Crippen LogP contribution in [-0.4, -0.2) is 37.4 Å². The third-order valence-electron chi connectivity index (χ3n) is 2.12. The highest BCUT2D eigenvalue weighted by Crippen LogP contribution is 2.14. The second-order valence-corrected chi connectivity index (χ2v) is 3.30. The Morgan fingerprint density at radius 2 is 1.47 bits per heavy atom. The summed E-state index contributed by atoms with van der Waals surface area (Å²) in [6.07, 6.45) is -0.281. The molecule has 5 nitrogen and oxygen atoms in total. The van der Waals surface area contributed by atoms with Crippen LogP contribution in [0.5, 0.6) is 0 Å². The number of rotatable bonds is 4. The van der Waals surface area contributed by atoms with Crippen LogP contribution in [0.3, 0.4) is 0 Å². The van der Waals surface area contributed by atoms with Gasteiger partial charge in [0.2, 0.25) is 0 Å². The van der Waals surface area contributed by atoms with E-state index in [4.69, 9.17) is 14.2 Å². The highest BCUT2D eigenvalue weighted by molar-refractivity contribution is 5.70. The van der Waals surface area contributed by atoms with Gasteiger partial charge in [-0.3, -0.25) is 9.59 Å². The molecule has 1 heterocycles. The molecule has 0 aromatic rings. The first kappa shape index (κ1) is 12.0. The third kappa shape index (κ3) is 3.51. The van der Waals surface area contributed by atoms with E-state index in [2.05, 4.69) is 0 Å². The first-order valence-electron chi connectivity index (χ1n) is 5.14. The van der Waals surface area contributed by atoms with E-state index in [9.17, 15) is 9.59 Å². The molecule has 0 aromatic heterocycles. The van der Waals surface area contributed by atoms with Crippen LogP contribution in [0.15, 0.2) is 0 Å².